The number of methoxy groups -OCH3 is 1. The Morgan fingerprint density at radius 1 is 1.30 bits per heavy atom. The number of carbonyl (C=O) groups is 1. The Kier molecular flexibility index (Phi) is 4.76. The van der Waals surface area contributed by atoms with Gasteiger partial charge in [-0.05, 0) is 0 Å². The van der Waals surface area contributed by atoms with Crippen molar-refractivity contribution in [1.82, 2.24) is 24.6 Å². The molecular formula is C20H26N8O2. The lowest BCUT2D eigenvalue weighted by Gasteiger charge is -2.29. The molecule has 1 N–H and O–H groups in total. The molecule has 30 heavy (non-hydrogen) atoms. The third kappa shape index (κ3) is 3.30. The Bertz CT molecular complexity index is 994. The molecule has 10 nitrogen and oxygen atoms in total. The van der Waals surface area contributed by atoms with Crippen molar-refractivity contribution in [2.24, 2.45) is 17.9 Å². The summed E-state index contributed by atoms with van der Waals surface area (Å²) in [4.78, 5) is 25.3. The Morgan fingerprint density at radius 2 is 2.00 bits per heavy atom. The topological polar surface area (TPSA) is 112 Å². The number of ether oxygens (including phenoxy) is 1. The molecule has 0 saturated carbocycles. The second kappa shape index (κ2) is 7.16. The first kappa shape index (κ1) is 19.9. The van der Waals surface area contributed by atoms with E-state index in [1.54, 1.807) is 18.0 Å². The number of aromatic nitrogens is 4. The average Bonchev–Trinajstić information content (AvgIpc) is 3.29. The molecule has 10 heteroatoms. The van der Waals surface area contributed by atoms with Crippen LogP contribution < -0.4 is 15.0 Å². The lowest BCUT2D eigenvalue weighted by Crippen LogP contribution is -2.36. The number of nitriles is 1. The van der Waals surface area contributed by atoms with Crippen molar-refractivity contribution in [2.75, 3.05) is 43.5 Å². The molecule has 0 bridgehead atoms. The fourth-order valence-electron chi connectivity index (χ4n) is 4.55. The molecule has 0 unspecified atom stereocenters. The molecule has 1 amide bonds. The van der Waals surface area contributed by atoms with E-state index < -0.39 is 0 Å². The fourth-order valence-corrected chi connectivity index (χ4v) is 4.55. The Labute approximate surface area is 175 Å². The fraction of sp³-hybridized carbons (Fsp3) is 0.550. The molecule has 4 rings (SSSR count). The van der Waals surface area contributed by atoms with Crippen LogP contribution in [-0.4, -0.2) is 63.8 Å². The minimum Gasteiger partial charge on any atom is -0.491 e. The summed E-state index contributed by atoms with van der Waals surface area (Å²) in [5.74, 6) is 2.34. The van der Waals surface area contributed by atoms with Crippen LogP contribution in [0.1, 0.15) is 20.3 Å². The van der Waals surface area contributed by atoms with E-state index in [0.29, 0.717) is 30.6 Å². The number of aryl methyl sites for hydroxylation is 1. The number of carbonyl (C=O) groups excluding carboxylic acids is 1. The van der Waals surface area contributed by atoms with E-state index in [1.165, 1.54) is 0 Å². The molecule has 0 radical (unpaired) electrons. The summed E-state index contributed by atoms with van der Waals surface area (Å²) in [6.07, 6.45) is 3.43. The number of nitrogens with one attached hydrogen (secondary N) is 1. The van der Waals surface area contributed by atoms with Gasteiger partial charge >= 0.3 is 0 Å². The minimum absolute atomic E-state index is 0.0713. The summed E-state index contributed by atoms with van der Waals surface area (Å²) in [5.41, 5.74) is -0.217. The largest absolute Gasteiger partial charge is 0.491 e. The van der Waals surface area contributed by atoms with Crippen LogP contribution in [0.15, 0.2) is 18.5 Å². The minimum atomic E-state index is -0.108. The van der Waals surface area contributed by atoms with Gasteiger partial charge in [0.25, 0.3) is 0 Å². The number of fused-ring (bicyclic) bond motifs is 1. The third-order valence-corrected chi connectivity index (χ3v) is 6.41. The van der Waals surface area contributed by atoms with Crippen LogP contribution in [-0.2, 0) is 11.8 Å². The molecule has 0 aromatic carbocycles. The molecule has 0 spiro atoms. The predicted octanol–water partition coefficient (Wildman–Crippen LogP) is 1.55. The zero-order chi connectivity index (χ0) is 21.5. The Balaban J connectivity index is 1.57. The smallest absolute Gasteiger partial charge is 0.236 e. The molecular weight excluding hydrogens is 384 g/mol. The van der Waals surface area contributed by atoms with Crippen molar-refractivity contribution in [3.8, 4) is 11.8 Å². The first-order valence-corrected chi connectivity index (χ1v) is 9.84. The highest BCUT2D eigenvalue weighted by atomic mass is 16.5. The van der Waals surface area contributed by atoms with Crippen molar-refractivity contribution < 1.29 is 9.53 Å². The Hall–Kier alpha value is -3.35. The van der Waals surface area contributed by atoms with Gasteiger partial charge in [-0.2, -0.15) is 15.3 Å². The summed E-state index contributed by atoms with van der Waals surface area (Å²) in [7, 11) is 3.46. The van der Waals surface area contributed by atoms with E-state index in [0.717, 1.165) is 18.9 Å². The number of anilines is 3. The highest BCUT2D eigenvalue weighted by Gasteiger charge is 2.58. The second-order valence-corrected chi connectivity index (χ2v) is 8.65. The number of hydrogen-bond acceptors (Lipinski definition) is 8. The van der Waals surface area contributed by atoms with Gasteiger partial charge in [0.2, 0.25) is 11.9 Å². The molecule has 4 heterocycles. The van der Waals surface area contributed by atoms with Crippen molar-refractivity contribution in [1.29, 1.82) is 5.26 Å². The van der Waals surface area contributed by atoms with Gasteiger partial charge in [-0.15, -0.1) is 0 Å². The van der Waals surface area contributed by atoms with Crippen LogP contribution in [0, 0.1) is 22.2 Å². The van der Waals surface area contributed by atoms with Gasteiger partial charge in [0.1, 0.15) is 6.42 Å². The lowest BCUT2D eigenvalue weighted by atomic mass is 9.71. The van der Waals surface area contributed by atoms with E-state index in [2.05, 4.69) is 34.1 Å². The third-order valence-electron chi connectivity index (χ3n) is 6.41. The number of rotatable bonds is 5. The van der Waals surface area contributed by atoms with Gasteiger partial charge in [-0.1, -0.05) is 13.8 Å². The molecule has 2 fully saturated rings. The van der Waals surface area contributed by atoms with E-state index in [1.807, 2.05) is 30.3 Å². The van der Waals surface area contributed by atoms with Crippen molar-refractivity contribution >= 4 is 23.5 Å². The van der Waals surface area contributed by atoms with Gasteiger partial charge in [0.15, 0.2) is 17.4 Å². The predicted molar refractivity (Wildman–Crippen MR) is 110 cm³/mol. The standard InChI is InChI=1S/C20H26N8O2/c1-19-10-27(16(29)5-7-21)11-20(19,2)13-28(12-19)17-14(30-4)9-22-18(24-17)23-15-6-8-26(3)25-15/h6,8-9H,5,10-13H2,1-4H3,(H,22,23,24,25)/t19-,20+. The van der Waals surface area contributed by atoms with E-state index in [-0.39, 0.29) is 23.2 Å². The highest BCUT2D eigenvalue weighted by molar-refractivity contribution is 5.79. The summed E-state index contributed by atoms with van der Waals surface area (Å²) in [6.45, 7) is 7.13. The quantitative estimate of drug-likeness (QED) is 0.790. The first-order valence-electron chi connectivity index (χ1n) is 9.84. The van der Waals surface area contributed by atoms with Gasteiger partial charge in [0.05, 0.1) is 19.4 Å². The number of likely N-dealkylation sites (tertiary alicyclic amines) is 1. The molecule has 158 valence electrons. The van der Waals surface area contributed by atoms with Crippen molar-refractivity contribution in [2.45, 2.75) is 20.3 Å². The van der Waals surface area contributed by atoms with Crippen LogP contribution in [0.25, 0.3) is 0 Å². The van der Waals surface area contributed by atoms with Crippen LogP contribution in [0.4, 0.5) is 17.6 Å². The van der Waals surface area contributed by atoms with Gasteiger partial charge in [-0.25, -0.2) is 4.98 Å². The summed E-state index contributed by atoms with van der Waals surface area (Å²) in [6, 6.07) is 3.81. The van der Waals surface area contributed by atoms with Gasteiger partial charge in [-0.3, -0.25) is 9.48 Å². The zero-order valence-electron chi connectivity index (χ0n) is 17.7. The molecule has 2 atom stereocenters. The van der Waals surface area contributed by atoms with Crippen LogP contribution in [0.5, 0.6) is 5.75 Å². The van der Waals surface area contributed by atoms with Crippen molar-refractivity contribution in [3.63, 3.8) is 0 Å². The molecule has 2 saturated heterocycles. The lowest BCUT2D eigenvalue weighted by molar-refractivity contribution is -0.129. The summed E-state index contributed by atoms with van der Waals surface area (Å²) in [5, 5.41) is 16.3. The normalized spacial score (nSPS) is 25.2. The van der Waals surface area contributed by atoms with E-state index >= 15 is 0 Å². The Morgan fingerprint density at radius 3 is 2.57 bits per heavy atom. The maximum Gasteiger partial charge on any atom is 0.236 e. The first-order chi connectivity index (χ1) is 14.3. The van der Waals surface area contributed by atoms with Gasteiger partial charge in [0, 0.05) is 56.3 Å². The maximum absolute atomic E-state index is 12.3. The monoisotopic (exact) mass is 410 g/mol. The molecule has 2 aliphatic heterocycles. The van der Waals surface area contributed by atoms with Crippen LogP contribution >= 0.6 is 0 Å². The highest BCUT2D eigenvalue weighted by Crippen LogP contribution is 2.53. The van der Waals surface area contributed by atoms with Crippen LogP contribution in [0.2, 0.25) is 0 Å². The second-order valence-electron chi connectivity index (χ2n) is 8.65. The summed E-state index contributed by atoms with van der Waals surface area (Å²) < 4.78 is 7.24. The molecule has 2 aliphatic rings. The number of amides is 1. The van der Waals surface area contributed by atoms with Gasteiger partial charge < -0.3 is 19.9 Å². The molecule has 2 aromatic heterocycles. The van der Waals surface area contributed by atoms with Crippen molar-refractivity contribution in [3.05, 3.63) is 18.5 Å². The zero-order valence-corrected chi connectivity index (χ0v) is 17.7. The molecule has 0 aliphatic carbocycles. The molecule has 2 aromatic rings. The van der Waals surface area contributed by atoms with E-state index in [9.17, 15) is 4.79 Å². The number of hydrogen-bond donors (Lipinski definition) is 1. The SMILES string of the molecule is COc1cnc(Nc2ccn(C)n2)nc1N1C[C@]2(C)CN(C(=O)CC#N)C[C@]2(C)C1. The average molecular weight is 410 g/mol. The van der Waals surface area contributed by atoms with E-state index in [4.69, 9.17) is 15.0 Å². The summed E-state index contributed by atoms with van der Waals surface area (Å²) >= 11 is 0. The van der Waals surface area contributed by atoms with Crippen LogP contribution in [0.3, 0.4) is 0 Å². The maximum atomic E-state index is 12.3. The number of nitrogens with zero attached hydrogens (tertiary/aromatic N) is 7.